The zero-order valence-corrected chi connectivity index (χ0v) is 24.9. The third-order valence-electron chi connectivity index (χ3n) is 8.29. The van der Waals surface area contributed by atoms with Crippen LogP contribution in [0.15, 0.2) is 84.1 Å². The average Bonchev–Trinajstić information content (AvgIpc) is 3.38. The molecule has 0 radical (unpaired) electrons. The summed E-state index contributed by atoms with van der Waals surface area (Å²) in [4.78, 5) is 52.1. The Morgan fingerprint density at radius 3 is 2.36 bits per heavy atom. The molecule has 1 aromatic heterocycles. The first kappa shape index (κ1) is 31.4. The predicted molar refractivity (Wildman–Crippen MR) is 161 cm³/mol. The SMILES string of the molecule is CC1=CC(C(=O)c2ccc(OCc3ccccc3)c(C)c2O)=CN2CCc3c([nH]c4ccc(C)cc34)C12C.O=C=O.O=C=O. The number of nitrogens with one attached hydrogen (secondary N) is 1. The molecule has 0 spiro atoms. The smallest absolute Gasteiger partial charge is 0.373 e. The minimum atomic E-state index is -0.364. The van der Waals surface area contributed by atoms with Gasteiger partial charge in [0.15, 0.2) is 5.78 Å². The minimum absolute atomic E-state index is 0.0345. The molecule has 4 aromatic rings. The zero-order chi connectivity index (χ0) is 32.0. The van der Waals surface area contributed by atoms with Gasteiger partial charge in [0.2, 0.25) is 0 Å². The van der Waals surface area contributed by atoms with Crippen LogP contribution in [0.5, 0.6) is 11.5 Å². The Labute approximate surface area is 254 Å². The number of carbonyl (C=O) groups is 1. The van der Waals surface area contributed by atoms with Crippen LogP contribution in [0.4, 0.5) is 0 Å². The number of phenolic OH excluding ortho intramolecular Hbond substituents is 1. The minimum Gasteiger partial charge on any atom is -0.507 e. The van der Waals surface area contributed by atoms with Crippen LogP contribution in [-0.2, 0) is 37.7 Å². The number of H-pyrrole nitrogens is 1. The number of benzene rings is 3. The fourth-order valence-corrected chi connectivity index (χ4v) is 5.87. The zero-order valence-electron chi connectivity index (χ0n) is 24.9. The number of fused-ring (bicyclic) bond motifs is 5. The molecule has 224 valence electrons. The molecule has 1 atom stereocenters. The van der Waals surface area contributed by atoms with Gasteiger partial charge in [-0.25, -0.2) is 0 Å². The van der Waals surface area contributed by atoms with E-state index < -0.39 is 0 Å². The Kier molecular flexibility index (Phi) is 9.44. The topological polar surface area (TPSA) is 134 Å². The highest BCUT2D eigenvalue weighted by atomic mass is 16.5. The molecule has 2 aliphatic heterocycles. The van der Waals surface area contributed by atoms with Crippen molar-refractivity contribution in [2.24, 2.45) is 0 Å². The van der Waals surface area contributed by atoms with Crippen molar-refractivity contribution >= 4 is 29.0 Å². The predicted octanol–water partition coefficient (Wildman–Crippen LogP) is 5.70. The summed E-state index contributed by atoms with van der Waals surface area (Å²) in [5.41, 5.74) is 8.14. The summed E-state index contributed by atoms with van der Waals surface area (Å²) in [6.45, 7) is 9.42. The third kappa shape index (κ3) is 5.88. The fraction of sp³-hybridized carbons (Fsp3) is 0.229. The number of hydrogen-bond donors (Lipinski definition) is 2. The maximum atomic E-state index is 13.7. The van der Waals surface area contributed by atoms with Crippen molar-refractivity contribution in [2.45, 2.75) is 46.3 Å². The number of aryl methyl sites for hydroxylation is 1. The molecule has 0 bridgehead atoms. The van der Waals surface area contributed by atoms with Gasteiger partial charge < -0.3 is 19.7 Å². The number of rotatable bonds is 5. The van der Waals surface area contributed by atoms with E-state index in [1.165, 1.54) is 22.2 Å². The molecule has 9 nitrogen and oxygen atoms in total. The molecule has 0 amide bonds. The molecular formula is C35H32N2O7. The van der Waals surface area contributed by atoms with E-state index in [-0.39, 0.29) is 34.9 Å². The van der Waals surface area contributed by atoms with E-state index in [2.05, 4.69) is 48.9 Å². The van der Waals surface area contributed by atoms with Crippen LogP contribution in [-0.4, -0.2) is 39.6 Å². The molecule has 9 heteroatoms. The first-order chi connectivity index (χ1) is 21.1. The highest BCUT2D eigenvalue weighted by Crippen LogP contribution is 2.46. The molecule has 0 aliphatic carbocycles. The van der Waals surface area contributed by atoms with Gasteiger partial charge in [-0.1, -0.05) is 42.0 Å². The number of hydrogen-bond acceptors (Lipinski definition) is 8. The molecular weight excluding hydrogens is 560 g/mol. The summed E-state index contributed by atoms with van der Waals surface area (Å²) in [5, 5.41) is 12.3. The molecule has 0 fully saturated rings. The van der Waals surface area contributed by atoms with Crippen molar-refractivity contribution in [3.63, 3.8) is 0 Å². The van der Waals surface area contributed by atoms with Gasteiger partial charge in [0.1, 0.15) is 18.1 Å². The van der Waals surface area contributed by atoms with Gasteiger partial charge in [-0.3, -0.25) is 4.79 Å². The van der Waals surface area contributed by atoms with Gasteiger partial charge in [-0.2, -0.15) is 19.2 Å². The molecule has 1 unspecified atom stereocenters. The highest BCUT2D eigenvalue weighted by Gasteiger charge is 2.43. The van der Waals surface area contributed by atoms with Gasteiger partial charge in [0, 0.05) is 40.5 Å². The highest BCUT2D eigenvalue weighted by molar-refractivity contribution is 6.12. The lowest BCUT2D eigenvalue weighted by molar-refractivity contribution is -0.193. The molecule has 44 heavy (non-hydrogen) atoms. The quantitative estimate of drug-likeness (QED) is 0.282. The van der Waals surface area contributed by atoms with E-state index in [4.69, 9.17) is 23.9 Å². The first-order valence-electron chi connectivity index (χ1n) is 13.9. The molecule has 6 rings (SSSR count). The maximum Gasteiger partial charge on any atom is 0.373 e. The molecule has 3 heterocycles. The second kappa shape index (κ2) is 13.2. The van der Waals surface area contributed by atoms with Crippen LogP contribution in [0.2, 0.25) is 0 Å². The maximum absolute atomic E-state index is 13.7. The number of nitrogens with zero attached hydrogens (tertiary/aromatic N) is 1. The second-order valence-corrected chi connectivity index (χ2v) is 10.8. The van der Waals surface area contributed by atoms with Crippen LogP contribution < -0.4 is 4.74 Å². The first-order valence-corrected chi connectivity index (χ1v) is 13.9. The standard InChI is InChI=1S/C33H32N2O3.2CO2/c1-20-10-12-28-27(16-20)25-14-15-35-18-24(17-21(2)33(35,4)32(25)34-28)31(37)26-11-13-29(22(3)30(26)36)38-19-23-8-6-5-7-9-23;2*2-1-3/h5-13,16-18,34,36H,14-15,19H2,1-4H3;;. The fourth-order valence-electron chi connectivity index (χ4n) is 5.87. The lowest BCUT2D eigenvalue weighted by Gasteiger charge is -2.47. The van der Waals surface area contributed by atoms with Crippen LogP contribution in [0, 0.1) is 13.8 Å². The molecule has 0 saturated carbocycles. The van der Waals surface area contributed by atoms with Gasteiger partial charge in [-0.15, -0.1) is 0 Å². The van der Waals surface area contributed by atoms with Crippen LogP contribution in [0.25, 0.3) is 10.9 Å². The molecule has 2 N–H and O–H groups in total. The van der Waals surface area contributed by atoms with E-state index in [0.717, 1.165) is 29.6 Å². The Morgan fingerprint density at radius 2 is 1.68 bits per heavy atom. The summed E-state index contributed by atoms with van der Waals surface area (Å²) in [6, 6.07) is 19.9. The van der Waals surface area contributed by atoms with Gasteiger partial charge in [-0.05, 0) is 81.2 Å². The van der Waals surface area contributed by atoms with E-state index in [1.807, 2.05) is 42.6 Å². The summed E-state index contributed by atoms with van der Waals surface area (Å²) in [6.07, 6.45) is 5.33. The number of aromatic hydroxyl groups is 1. The van der Waals surface area contributed by atoms with Crippen molar-refractivity contribution in [2.75, 3.05) is 6.54 Å². The number of allylic oxidation sites excluding steroid dienone is 2. The average molecular weight is 593 g/mol. The number of aromatic amines is 1. The van der Waals surface area contributed by atoms with E-state index in [1.54, 1.807) is 19.1 Å². The van der Waals surface area contributed by atoms with Crippen molar-refractivity contribution < 1.29 is 33.8 Å². The molecule has 2 aliphatic rings. The summed E-state index contributed by atoms with van der Waals surface area (Å²) >= 11 is 0. The Bertz CT molecular complexity index is 1830. The summed E-state index contributed by atoms with van der Waals surface area (Å²) < 4.78 is 5.94. The van der Waals surface area contributed by atoms with Gasteiger partial charge in [0.05, 0.1) is 11.1 Å². The van der Waals surface area contributed by atoms with E-state index >= 15 is 0 Å². The lowest BCUT2D eigenvalue weighted by Crippen LogP contribution is -2.48. The summed E-state index contributed by atoms with van der Waals surface area (Å²) in [5.74, 6) is 0.338. The van der Waals surface area contributed by atoms with Crippen LogP contribution in [0.3, 0.4) is 0 Å². The number of ketones is 1. The number of carbonyl (C=O) groups excluding carboxylic acids is 5. The Morgan fingerprint density at radius 1 is 1.00 bits per heavy atom. The van der Waals surface area contributed by atoms with Crippen molar-refractivity contribution in [1.29, 1.82) is 0 Å². The van der Waals surface area contributed by atoms with Crippen LogP contribution in [0.1, 0.15) is 52.2 Å². The number of Topliss-reactive ketones (excluding diaryl/α,β-unsaturated/α-hetero) is 1. The van der Waals surface area contributed by atoms with Crippen LogP contribution >= 0.6 is 0 Å². The Balaban J connectivity index is 0.000000683. The van der Waals surface area contributed by atoms with Crippen molar-refractivity contribution in [1.82, 2.24) is 9.88 Å². The molecule has 3 aromatic carbocycles. The lowest BCUT2D eigenvalue weighted by atomic mass is 9.78. The summed E-state index contributed by atoms with van der Waals surface area (Å²) in [7, 11) is 0. The second-order valence-electron chi connectivity index (χ2n) is 10.8. The number of phenols is 1. The number of ether oxygens (including phenoxy) is 1. The third-order valence-corrected chi connectivity index (χ3v) is 8.29. The number of aromatic nitrogens is 1. The monoisotopic (exact) mass is 592 g/mol. The van der Waals surface area contributed by atoms with E-state index in [9.17, 15) is 9.90 Å². The van der Waals surface area contributed by atoms with Crippen molar-refractivity contribution in [3.8, 4) is 11.5 Å². The van der Waals surface area contributed by atoms with Gasteiger partial charge in [0.25, 0.3) is 0 Å². The largest absolute Gasteiger partial charge is 0.507 e. The molecule has 0 saturated heterocycles. The van der Waals surface area contributed by atoms with E-state index in [0.29, 0.717) is 23.5 Å². The Hall–Kier alpha value is -5.49. The van der Waals surface area contributed by atoms with Crippen molar-refractivity contribution in [3.05, 3.63) is 118 Å². The normalized spacial score (nSPS) is 16.3. The van der Waals surface area contributed by atoms with Gasteiger partial charge >= 0.3 is 12.3 Å².